The Labute approximate surface area is 115 Å². The molecule has 1 aromatic rings. The third-order valence-corrected chi connectivity index (χ3v) is 3.27. The quantitative estimate of drug-likeness (QED) is 0.856. The highest BCUT2D eigenvalue weighted by atomic mass is 35.5. The van der Waals surface area contributed by atoms with E-state index in [9.17, 15) is 9.18 Å². The van der Waals surface area contributed by atoms with Crippen LogP contribution in [0.4, 0.5) is 4.39 Å². The van der Waals surface area contributed by atoms with Gasteiger partial charge in [-0.1, -0.05) is 0 Å². The van der Waals surface area contributed by atoms with Crippen molar-refractivity contribution in [3.8, 4) is 6.01 Å². The lowest BCUT2D eigenvalue weighted by molar-refractivity contribution is -0.119. The van der Waals surface area contributed by atoms with E-state index in [1.165, 1.54) is 0 Å². The number of ether oxygens (including phenoxy) is 1. The van der Waals surface area contributed by atoms with E-state index in [1.807, 2.05) is 0 Å². The van der Waals surface area contributed by atoms with Gasteiger partial charge in [0.05, 0.1) is 12.4 Å². The van der Waals surface area contributed by atoms with Gasteiger partial charge in [-0.2, -0.15) is 0 Å². The van der Waals surface area contributed by atoms with Crippen molar-refractivity contribution in [1.29, 1.82) is 0 Å². The molecule has 0 radical (unpaired) electrons. The molecule has 0 unspecified atom stereocenters. The minimum Gasteiger partial charge on any atom is -0.460 e. The average molecular weight is 288 g/mol. The van der Waals surface area contributed by atoms with Crippen LogP contribution in [0.2, 0.25) is 0 Å². The lowest BCUT2D eigenvalue weighted by Gasteiger charge is -2.28. The third kappa shape index (κ3) is 4.31. The average Bonchev–Trinajstić information content (AvgIpc) is 2.43. The van der Waals surface area contributed by atoms with E-state index < -0.39 is 5.82 Å². The predicted molar refractivity (Wildman–Crippen MR) is 67.5 cm³/mol. The molecule has 7 heteroatoms. The van der Waals surface area contributed by atoms with Gasteiger partial charge in [-0.15, -0.1) is 11.6 Å². The first kappa shape index (κ1) is 14.0. The van der Waals surface area contributed by atoms with Crippen molar-refractivity contribution in [1.82, 2.24) is 15.3 Å². The van der Waals surface area contributed by atoms with Crippen molar-refractivity contribution < 1.29 is 13.9 Å². The van der Waals surface area contributed by atoms with Crippen LogP contribution in [0.3, 0.4) is 0 Å². The lowest BCUT2D eigenvalue weighted by Crippen LogP contribution is -2.40. The van der Waals surface area contributed by atoms with Gasteiger partial charge in [0.15, 0.2) is 5.82 Å². The summed E-state index contributed by atoms with van der Waals surface area (Å²) < 4.78 is 18.2. The smallest absolute Gasteiger partial charge is 0.316 e. The summed E-state index contributed by atoms with van der Waals surface area (Å²) in [5, 5.41) is 2.85. The molecule has 0 atom stereocenters. The first-order valence-electron chi connectivity index (χ1n) is 6.17. The Morgan fingerprint density at radius 2 is 2.00 bits per heavy atom. The molecule has 1 aliphatic rings. The number of hydrogen-bond donors (Lipinski definition) is 1. The van der Waals surface area contributed by atoms with Crippen LogP contribution >= 0.6 is 11.6 Å². The van der Waals surface area contributed by atoms with E-state index in [0.717, 1.165) is 38.1 Å². The van der Waals surface area contributed by atoms with Crippen LogP contribution in [0, 0.1) is 5.82 Å². The summed E-state index contributed by atoms with van der Waals surface area (Å²) in [6.07, 6.45) is 5.42. The van der Waals surface area contributed by atoms with Crippen LogP contribution in [-0.2, 0) is 4.79 Å². The Kier molecular flexibility index (Phi) is 4.90. The minimum absolute atomic E-state index is 0.00890. The Bertz CT molecular complexity index is 421. The Morgan fingerprint density at radius 1 is 1.37 bits per heavy atom. The number of rotatable bonds is 4. The van der Waals surface area contributed by atoms with E-state index in [2.05, 4.69) is 15.3 Å². The third-order valence-electron chi connectivity index (χ3n) is 3.03. The standard InChI is InChI=1S/C12H15ClFN3O2/c13-5-11(18)17-9-1-3-10(4-2-9)19-12-15-6-8(14)7-16-12/h6-7,9-10H,1-5H2,(H,17,18). The van der Waals surface area contributed by atoms with Crippen molar-refractivity contribution in [3.05, 3.63) is 18.2 Å². The van der Waals surface area contributed by atoms with Crippen LogP contribution in [0.25, 0.3) is 0 Å². The molecule has 0 bridgehead atoms. The Morgan fingerprint density at radius 3 is 2.58 bits per heavy atom. The second-order valence-electron chi connectivity index (χ2n) is 4.48. The summed E-state index contributed by atoms with van der Waals surface area (Å²) in [5.74, 6) is -0.646. The molecule has 1 N–H and O–H groups in total. The van der Waals surface area contributed by atoms with E-state index in [1.54, 1.807) is 0 Å². The van der Waals surface area contributed by atoms with Gasteiger partial charge in [-0.3, -0.25) is 4.79 Å². The largest absolute Gasteiger partial charge is 0.460 e. The Hall–Kier alpha value is -1.43. The first-order valence-corrected chi connectivity index (χ1v) is 6.70. The van der Waals surface area contributed by atoms with Crippen molar-refractivity contribution >= 4 is 17.5 Å². The molecular weight excluding hydrogens is 273 g/mol. The molecule has 1 saturated carbocycles. The molecular formula is C12H15ClFN3O2. The molecule has 1 heterocycles. The highest BCUT2D eigenvalue weighted by Gasteiger charge is 2.23. The molecule has 0 aromatic carbocycles. The SMILES string of the molecule is O=C(CCl)NC1CCC(Oc2ncc(F)cn2)CC1. The van der Waals surface area contributed by atoms with Gasteiger partial charge >= 0.3 is 6.01 Å². The molecule has 0 aliphatic heterocycles. The number of nitrogens with zero attached hydrogens (tertiary/aromatic N) is 2. The topological polar surface area (TPSA) is 64.1 Å². The molecule has 1 fully saturated rings. The van der Waals surface area contributed by atoms with Gasteiger partial charge in [-0.05, 0) is 25.7 Å². The molecule has 5 nitrogen and oxygen atoms in total. The van der Waals surface area contributed by atoms with Gasteiger partial charge in [0.1, 0.15) is 12.0 Å². The predicted octanol–water partition coefficient (Wildman–Crippen LogP) is 1.66. The zero-order valence-electron chi connectivity index (χ0n) is 10.3. The van der Waals surface area contributed by atoms with Gasteiger partial charge in [0.2, 0.25) is 5.91 Å². The van der Waals surface area contributed by atoms with Crippen molar-refractivity contribution in [2.24, 2.45) is 0 Å². The highest BCUT2D eigenvalue weighted by Crippen LogP contribution is 2.22. The van der Waals surface area contributed by atoms with Crippen LogP contribution in [-0.4, -0.2) is 33.9 Å². The second-order valence-corrected chi connectivity index (χ2v) is 4.74. The van der Waals surface area contributed by atoms with Crippen LogP contribution in [0.15, 0.2) is 12.4 Å². The Balaban J connectivity index is 1.77. The number of hydrogen-bond acceptors (Lipinski definition) is 4. The summed E-state index contributed by atoms with van der Waals surface area (Å²) in [4.78, 5) is 18.7. The number of carbonyl (C=O) groups is 1. The maximum absolute atomic E-state index is 12.6. The first-order chi connectivity index (χ1) is 9.17. The minimum atomic E-state index is -0.486. The zero-order valence-corrected chi connectivity index (χ0v) is 11.1. The summed E-state index contributed by atoms with van der Waals surface area (Å²) in [5.41, 5.74) is 0. The number of amides is 1. The maximum Gasteiger partial charge on any atom is 0.316 e. The molecule has 1 amide bonds. The monoisotopic (exact) mass is 287 g/mol. The number of nitrogens with one attached hydrogen (secondary N) is 1. The van der Waals surface area contributed by atoms with Crippen molar-refractivity contribution in [2.75, 3.05) is 5.88 Å². The second kappa shape index (κ2) is 6.65. The van der Waals surface area contributed by atoms with Crippen LogP contribution < -0.4 is 10.1 Å². The molecule has 1 aliphatic carbocycles. The summed E-state index contributed by atoms with van der Waals surface area (Å²) in [6, 6.07) is 0.342. The van der Waals surface area contributed by atoms with E-state index in [4.69, 9.17) is 16.3 Å². The van der Waals surface area contributed by atoms with E-state index in [-0.39, 0.29) is 29.9 Å². The molecule has 0 spiro atoms. The van der Waals surface area contributed by atoms with E-state index in [0.29, 0.717) is 0 Å². The summed E-state index contributed by atoms with van der Waals surface area (Å²) in [6.45, 7) is 0. The summed E-state index contributed by atoms with van der Waals surface area (Å²) in [7, 11) is 0. The fraction of sp³-hybridized carbons (Fsp3) is 0.583. The van der Waals surface area contributed by atoms with Gasteiger partial charge < -0.3 is 10.1 Å². The summed E-state index contributed by atoms with van der Waals surface area (Å²) >= 11 is 5.44. The molecule has 104 valence electrons. The molecule has 1 aromatic heterocycles. The van der Waals surface area contributed by atoms with Crippen molar-refractivity contribution in [3.63, 3.8) is 0 Å². The fourth-order valence-corrected chi connectivity index (χ4v) is 2.18. The number of carbonyl (C=O) groups excluding carboxylic acids is 1. The van der Waals surface area contributed by atoms with Gasteiger partial charge in [-0.25, -0.2) is 14.4 Å². The normalized spacial score (nSPS) is 22.8. The number of halogens is 2. The van der Waals surface area contributed by atoms with Gasteiger partial charge in [0, 0.05) is 6.04 Å². The number of alkyl halides is 1. The maximum atomic E-state index is 12.6. The molecule has 19 heavy (non-hydrogen) atoms. The molecule has 2 rings (SSSR count). The fourth-order valence-electron chi connectivity index (χ4n) is 2.10. The van der Waals surface area contributed by atoms with Crippen LogP contribution in [0.1, 0.15) is 25.7 Å². The lowest BCUT2D eigenvalue weighted by atomic mass is 9.93. The zero-order chi connectivity index (χ0) is 13.7. The van der Waals surface area contributed by atoms with Gasteiger partial charge in [0.25, 0.3) is 0 Å². The number of aromatic nitrogens is 2. The van der Waals surface area contributed by atoms with Crippen molar-refractivity contribution in [2.45, 2.75) is 37.8 Å². The molecule has 0 saturated heterocycles. The highest BCUT2D eigenvalue weighted by molar-refractivity contribution is 6.27. The van der Waals surface area contributed by atoms with E-state index >= 15 is 0 Å². The van der Waals surface area contributed by atoms with Crippen LogP contribution in [0.5, 0.6) is 6.01 Å².